The number of hydrogen-bond donors (Lipinski definition) is 2. The van der Waals surface area contributed by atoms with Crippen LogP contribution in [0.2, 0.25) is 0 Å². The Balaban J connectivity index is 2.07. The molecule has 2 aromatic rings. The molecule has 0 spiro atoms. The number of nitrogens with zero attached hydrogens (tertiary/aromatic N) is 1. The van der Waals surface area contributed by atoms with E-state index >= 15 is 0 Å². The summed E-state index contributed by atoms with van der Waals surface area (Å²) in [5.74, 6) is 0. The number of benzene rings is 1. The molecule has 0 bridgehead atoms. The lowest BCUT2D eigenvalue weighted by molar-refractivity contribution is 0.846. The van der Waals surface area contributed by atoms with Crippen molar-refractivity contribution in [1.29, 1.82) is 0 Å². The third kappa shape index (κ3) is 2.68. The van der Waals surface area contributed by atoms with Gasteiger partial charge in [0.2, 0.25) is 0 Å². The average molecular weight is 251 g/mol. The van der Waals surface area contributed by atoms with Gasteiger partial charge in [0, 0.05) is 6.54 Å². The number of anilines is 1. The first-order valence-electron chi connectivity index (χ1n) is 5.20. The Morgan fingerprint density at radius 2 is 2.25 bits per heavy atom. The van der Waals surface area contributed by atoms with Crippen LogP contribution < -0.4 is 10.6 Å². The fraction of sp³-hybridized carbons (Fsp3) is 0.273. The van der Waals surface area contributed by atoms with Gasteiger partial charge in [0.05, 0.1) is 10.2 Å². The fourth-order valence-corrected chi connectivity index (χ4v) is 2.44. The molecule has 0 aliphatic carbocycles. The molecule has 0 saturated carbocycles. The Kier molecular flexibility index (Phi) is 3.69. The molecule has 2 N–H and O–H groups in total. The smallest absolute Gasteiger partial charge is 0.190 e. The third-order valence-corrected chi connectivity index (χ3v) is 3.25. The number of nitrogens with one attached hydrogen (secondary N) is 2. The van der Waals surface area contributed by atoms with Crippen LogP contribution in [0.1, 0.15) is 13.3 Å². The van der Waals surface area contributed by atoms with E-state index < -0.39 is 0 Å². The number of thiocarbonyl (C=S) groups is 1. The van der Waals surface area contributed by atoms with Gasteiger partial charge in [-0.2, -0.15) is 0 Å². The minimum Gasteiger partial charge on any atom is -0.362 e. The highest BCUT2D eigenvalue weighted by Crippen LogP contribution is 2.25. The van der Waals surface area contributed by atoms with Gasteiger partial charge >= 0.3 is 0 Å². The van der Waals surface area contributed by atoms with Crippen LogP contribution in [0, 0.1) is 0 Å². The zero-order chi connectivity index (χ0) is 11.4. The Labute approximate surface area is 104 Å². The van der Waals surface area contributed by atoms with Crippen LogP contribution in [0.3, 0.4) is 0 Å². The van der Waals surface area contributed by atoms with Crippen LogP contribution in [-0.2, 0) is 0 Å². The summed E-state index contributed by atoms with van der Waals surface area (Å²) in [6, 6.07) is 8.05. The van der Waals surface area contributed by atoms with E-state index in [9.17, 15) is 0 Å². The number of thiazole rings is 1. The number of aromatic nitrogens is 1. The lowest BCUT2D eigenvalue weighted by Crippen LogP contribution is -2.28. The van der Waals surface area contributed by atoms with E-state index in [1.165, 1.54) is 4.70 Å². The maximum Gasteiger partial charge on any atom is 0.190 e. The van der Waals surface area contributed by atoms with Crippen molar-refractivity contribution in [3.8, 4) is 0 Å². The maximum atomic E-state index is 5.15. The number of para-hydroxylation sites is 1. The van der Waals surface area contributed by atoms with E-state index in [1.807, 2.05) is 18.2 Å². The van der Waals surface area contributed by atoms with Crippen LogP contribution in [0.5, 0.6) is 0 Å². The summed E-state index contributed by atoms with van der Waals surface area (Å²) in [5, 5.41) is 7.69. The molecule has 2 rings (SSSR count). The first-order valence-corrected chi connectivity index (χ1v) is 6.42. The topological polar surface area (TPSA) is 37.0 Å². The zero-order valence-electron chi connectivity index (χ0n) is 8.99. The molecule has 0 aliphatic heterocycles. The number of fused-ring (bicyclic) bond motifs is 1. The molecule has 0 radical (unpaired) electrons. The van der Waals surface area contributed by atoms with E-state index in [0.717, 1.165) is 23.6 Å². The molecule has 0 saturated heterocycles. The number of hydrogen-bond acceptors (Lipinski definition) is 3. The van der Waals surface area contributed by atoms with Gasteiger partial charge in [-0.1, -0.05) is 30.4 Å². The van der Waals surface area contributed by atoms with Crippen molar-refractivity contribution in [1.82, 2.24) is 10.3 Å². The van der Waals surface area contributed by atoms with Gasteiger partial charge in [-0.3, -0.25) is 0 Å². The van der Waals surface area contributed by atoms with Gasteiger partial charge in [-0.15, -0.1) is 0 Å². The second-order valence-corrected chi connectivity index (χ2v) is 4.81. The quantitative estimate of drug-likeness (QED) is 0.822. The summed E-state index contributed by atoms with van der Waals surface area (Å²) < 4.78 is 1.17. The molecule has 0 fully saturated rings. The summed E-state index contributed by atoms with van der Waals surface area (Å²) >= 11 is 6.76. The summed E-state index contributed by atoms with van der Waals surface area (Å²) in [5.41, 5.74) is 1.01. The second kappa shape index (κ2) is 5.23. The first kappa shape index (κ1) is 11.3. The van der Waals surface area contributed by atoms with Crippen molar-refractivity contribution < 1.29 is 0 Å². The van der Waals surface area contributed by atoms with Gasteiger partial charge in [0.25, 0.3) is 0 Å². The lowest BCUT2D eigenvalue weighted by atomic mass is 10.3. The molecule has 0 amide bonds. The van der Waals surface area contributed by atoms with Crippen molar-refractivity contribution in [3.63, 3.8) is 0 Å². The normalized spacial score (nSPS) is 10.3. The molecule has 1 aromatic carbocycles. The monoisotopic (exact) mass is 251 g/mol. The SMILES string of the molecule is CCCNC(=S)Nc1nc2ccccc2s1. The van der Waals surface area contributed by atoms with Gasteiger partial charge < -0.3 is 10.6 Å². The molecule has 84 valence electrons. The molecule has 0 atom stereocenters. The number of rotatable bonds is 3. The van der Waals surface area contributed by atoms with Crippen LogP contribution in [0.4, 0.5) is 5.13 Å². The minimum atomic E-state index is 0.640. The highest BCUT2D eigenvalue weighted by Gasteiger charge is 2.03. The minimum absolute atomic E-state index is 0.640. The molecule has 1 heterocycles. The standard InChI is InChI=1S/C11H13N3S2/c1-2-7-12-10(15)14-11-13-8-5-3-4-6-9(8)16-11/h3-6H,2,7H2,1H3,(H2,12,13,14,15). The van der Waals surface area contributed by atoms with Crippen molar-refractivity contribution in [2.24, 2.45) is 0 Å². The predicted molar refractivity (Wildman–Crippen MR) is 74.1 cm³/mol. The summed E-state index contributed by atoms with van der Waals surface area (Å²) in [6.07, 6.45) is 1.06. The Bertz CT molecular complexity index is 460. The maximum absolute atomic E-state index is 5.15. The van der Waals surface area contributed by atoms with Crippen molar-refractivity contribution >= 4 is 44.0 Å². The molecule has 1 aromatic heterocycles. The molecular formula is C11H13N3S2. The van der Waals surface area contributed by atoms with Gasteiger partial charge in [0.15, 0.2) is 10.2 Å². The fourth-order valence-electron chi connectivity index (χ4n) is 1.31. The van der Waals surface area contributed by atoms with Gasteiger partial charge in [0.1, 0.15) is 0 Å². The largest absolute Gasteiger partial charge is 0.362 e. The van der Waals surface area contributed by atoms with E-state index in [0.29, 0.717) is 5.11 Å². The van der Waals surface area contributed by atoms with Crippen LogP contribution >= 0.6 is 23.6 Å². The third-order valence-electron chi connectivity index (χ3n) is 2.05. The van der Waals surface area contributed by atoms with Crippen LogP contribution in [0.15, 0.2) is 24.3 Å². The van der Waals surface area contributed by atoms with Crippen molar-refractivity contribution in [3.05, 3.63) is 24.3 Å². The average Bonchev–Trinajstić information content (AvgIpc) is 2.68. The molecule has 0 aliphatic rings. The lowest BCUT2D eigenvalue weighted by Gasteiger charge is -2.05. The molecule has 16 heavy (non-hydrogen) atoms. The molecule has 0 unspecified atom stereocenters. The van der Waals surface area contributed by atoms with Crippen molar-refractivity contribution in [2.45, 2.75) is 13.3 Å². The van der Waals surface area contributed by atoms with E-state index in [2.05, 4.69) is 28.6 Å². The molecule has 5 heteroatoms. The Hall–Kier alpha value is -1.20. The zero-order valence-corrected chi connectivity index (χ0v) is 10.6. The highest BCUT2D eigenvalue weighted by atomic mass is 32.1. The van der Waals surface area contributed by atoms with E-state index in [4.69, 9.17) is 12.2 Å². The van der Waals surface area contributed by atoms with E-state index in [-0.39, 0.29) is 0 Å². The predicted octanol–water partition coefficient (Wildman–Crippen LogP) is 2.99. The first-order chi connectivity index (χ1) is 7.79. The van der Waals surface area contributed by atoms with Crippen LogP contribution in [0.25, 0.3) is 10.2 Å². The van der Waals surface area contributed by atoms with Crippen molar-refractivity contribution in [2.75, 3.05) is 11.9 Å². The van der Waals surface area contributed by atoms with Crippen LogP contribution in [-0.4, -0.2) is 16.6 Å². The highest BCUT2D eigenvalue weighted by molar-refractivity contribution is 7.80. The Morgan fingerprint density at radius 1 is 1.44 bits per heavy atom. The van der Waals surface area contributed by atoms with Gasteiger partial charge in [-0.05, 0) is 30.8 Å². The van der Waals surface area contributed by atoms with E-state index in [1.54, 1.807) is 11.3 Å². The second-order valence-electron chi connectivity index (χ2n) is 3.37. The van der Waals surface area contributed by atoms with Gasteiger partial charge in [-0.25, -0.2) is 4.98 Å². The summed E-state index contributed by atoms with van der Waals surface area (Å²) in [7, 11) is 0. The summed E-state index contributed by atoms with van der Waals surface area (Å²) in [4.78, 5) is 4.44. The molecular weight excluding hydrogens is 238 g/mol. The Morgan fingerprint density at radius 3 is 3.00 bits per heavy atom. The summed E-state index contributed by atoms with van der Waals surface area (Å²) in [6.45, 7) is 2.99. The molecule has 3 nitrogen and oxygen atoms in total.